The summed E-state index contributed by atoms with van der Waals surface area (Å²) < 4.78 is 0. The van der Waals surface area contributed by atoms with Crippen molar-refractivity contribution >= 4 is 5.78 Å². The maximum Gasteiger partial charge on any atom is 0.168 e. The van der Waals surface area contributed by atoms with E-state index in [2.05, 4.69) is 32.9 Å². The first-order valence-electron chi connectivity index (χ1n) is 9.39. The van der Waals surface area contributed by atoms with Crippen molar-refractivity contribution in [3.8, 4) is 0 Å². The fourth-order valence-corrected chi connectivity index (χ4v) is 3.02. The Balaban J connectivity index is 0.00000364. The number of halogens is 1. The van der Waals surface area contributed by atoms with E-state index >= 15 is 0 Å². The first-order valence-corrected chi connectivity index (χ1v) is 9.39. The molecule has 2 rings (SSSR count). The van der Waals surface area contributed by atoms with Gasteiger partial charge >= 0.3 is 0 Å². The number of hydrogen-bond donors (Lipinski definition) is 2. The second-order valence-corrected chi connectivity index (χ2v) is 8.19. The smallest absolute Gasteiger partial charge is 0.168 e. The molecule has 3 nitrogen and oxygen atoms in total. The number of carbonyl (C=O) groups is 1. The number of aliphatic hydroxyl groups excluding tert-OH is 1. The molecule has 3 N–H and O–H groups in total. The minimum Gasteiger partial charge on any atom is -1.00 e. The maximum atomic E-state index is 12.4. The summed E-state index contributed by atoms with van der Waals surface area (Å²) in [7, 11) is 0. The zero-order valence-electron chi connectivity index (χ0n) is 17.1. The Morgan fingerprint density at radius 3 is 2.30 bits per heavy atom. The standard InChI is InChI=1S/C23H31NO2.ClH/c1-16-6-7-17(2)20(14-16)21(25)12-13-24-15-22(26)18-8-10-19(11-9-18)23(3,4)5;/h6-11,14,22,24,26H,12-13,15H2,1-5H3;1H. The Kier molecular flexibility index (Phi) is 8.67. The van der Waals surface area contributed by atoms with Gasteiger partial charge in [0.05, 0.1) is 13.0 Å². The summed E-state index contributed by atoms with van der Waals surface area (Å²) in [5.41, 5.74) is 5.25. The van der Waals surface area contributed by atoms with Crippen molar-refractivity contribution in [1.29, 1.82) is 0 Å². The van der Waals surface area contributed by atoms with Crippen LogP contribution in [0.5, 0.6) is 0 Å². The first-order chi connectivity index (χ1) is 12.2. The number of aryl methyl sites for hydroxylation is 2. The van der Waals surface area contributed by atoms with Gasteiger partial charge in [0.1, 0.15) is 12.6 Å². The van der Waals surface area contributed by atoms with Crippen LogP contribution >= 0.6 is 0 Å². The SMILES string of the molecule is Cc1ccc(C)c(C(=O)CC[NH2+]CC(O)c2ccc(C(C)(C)C)cc2)c1.[Cl-]. The molecular weight excluding hydrogens is 358 g/mol. The average molecular weight is 390 g/mol. The van der Waals surface area contributed by atoms with Crippen LogP contribution in [-0.2, 0) is 5.41 Å². The van der Waals surface area contributed by atoms with Crippen molar-refractivity contribution in [2.45, 2.75) is 52.6 Å². The monoisotopic (exact) mass is 389 g/mol. The van der Waals surface area contributed by atoms with E-state index < -0.39 is 6.10 Å². The highest BCUT2D eigenvalue weighted by atomic mass is 35.5. The number of Topliss-reactive ketones (excluding diaryl/α,β-unsaturated/α-hetero) is 1. The summed E-state index contributed by atoms with van der Waals surface area (Å²) in [4.78, 5) is 12.4. The summed E-state index contributed by atoms with van der Waals surface area (Å²) in [6, 6.07) is 14.2. The van der Waals surface area contributed by atoms with Gasteiger partial charge in [-0.25, -0.2) is 0 Å². The molecule has 0 saturated heterocycles. The van der Waals surface area contributed by atoms with E-state index in [1.165, 1.54) is 5.56 Å². The van der Waals surface area contributed by atoms with Crippen molar-refractivity contribution in [3.05, 3.63) is 70.3 Å². The van der Waals surface area contributed by atoms with Crippen LogP contribution in [0.3, 0.4) is 0 Å². The lowest BCUT2D eigenvalue weighted by atomic mass is 9.86. The number of aliphatic hydroxyl groups is 1. The van der Waals surface area contributed by atoms with Crippen molar-refractivity contribution in [2.75, 3.05) is 13.1 Å². The molecule has 148 valence electrons. The van der Waals surface area contributed by atoms with Crippen LogP contribution in [0.15, 0.2) is 42.5 Å². The molecule has 0 heterocycles. The molecule has 1 atom stereocenters. The van der Waals surface area contributed by atoms with Crippen LogP contribution in [0.4, 0.5) is 0 Å². The van der Waals surface area contributed by atoms with Crippen LogP contribution in [-0.4, -0.2) is 24.0 Å². The number of benzene rings is 2. The minimum absolute atomic E-state index is 0. The van der Waals surface area contributed by atoms with Gasteiger partial charge in [0.15, 0.2) is 5.78 Å². The summed E-state index contributed by atoms with van der Waals surface area (Å²) in [6.45, 7) is 11.8. The van der Waals surface area contributed by atoms with E-state index in [-0.39, 0.29) is 23.6 Å². The molecule has 0 amide bonds. The molecule has 2 aromatic rings. The van der Waals surface area contributed by atoms with Crippen LogP contribution in [0.2, 0.25) is 0 Å². The van der Waals surface area contributed by atoms with Crippen molar-refractivity contribution in [1.82, 2.24) is 0 Å². The molecule has 0 spiro atoms. The van der Waals surface area contributed by atoms with E-state index in [0.29, 0.717) is 19.5 Å². The molecule has 0 aliphatic carbocycles. The van der Waals surface area contributed by atoms with Gasteiger partial charge in [-0.15, -0.1) is 0 Å². The lowest BCUT2D eigenvalue weighted by Gasteiger charge is -2.19. The van der Waals surface area contributed by atoms with Gasteiger partial charge in [-0.1, -0.05) is 62.7 Å². The second-order valence-electron chi connectivity index (χ2n) is 8.19. The highest BCUT2D eigenvalue weighted by Crippen LogP contribution is 2.23. The predicted molar refractivity (Wildman–Crippen MR) is 107 cm³/mol. The van der Waals surface area contributed by atoms with Crippen molar-refractivity contribution < 1.29 is 27.6 Å². The van der Waals surface area contributed by atoms with Gasteiger partial charge in [-0.3, -0.25) is 4.79 Å². The Hall–Kier alpha value is -1.68. The van der Waals surface area contributed by atoms with Gasteiger partial charge in [-0.2, -0.15) is 0 Å². The third-order valence-corrected chi connectivity index (χ3v) is 4.82. The zero-order valence-corrected chi connectivity index (χ0v) is 17.8. The van der Waals surface area contributed by atoms with Crippen LogP contribution in [0.1, 0.15) is 65.9 Å². The molecule has 0 fully saturated rings. The number of ketones is 1. The predicted octanol–water partition coefficient (Wildman–Crippen LogP) is 0.475. The Morgan fingerprint density at radius 1 is 1.07 bits per heavy atom. The highest BCUT2D eigenvalue weighted by Gasteiger charge is 2.16. The molecule has 0 radical (unpaired) electrons. The average Bonchev–Trinajstić information content (AvgIpc) is 2.59. The highest BCUT2D eigenvalue weighted by molar-refractivity contribution is 5.97. The number of nitrogens with two attached hydrogens (primary N) is 1. The van der Waals surface area contributed by atoms with Gasteiger partial charge in [-0.05, 0) is 42.0 Å². The van der Waals surface area contributed by atoms with Crippen molar-refractivity contribution in [3.63, 3.8) is 0 Å². The van der Waals surface area contributed by atoms with E-state index in [1.807, 2.05) is 49.5 Å². The van der Waals surface area contributed by atoms with E-state index in [9.17, 15) is 9.90 Å². The number of carbonyl (C=O) groups excluding carboxylic acids is 1. The van der Waals surface area contributed by atoms with E-state index in [0.717, 1.165) is 22.3 Å². The molecule has 4 heteroatoms. The third-order valence-electron chi connectivity index (χ3n) is 4.82. The second kappa shape index (κ2) is 10.0. The summed E-state index contributed by atoms with van der Waals surface area (Å²) in [5, 5.41) is 12.4. The minimum atomic E-state index is -0.514. The van der Waals surface area contributed by atoms with Gasteiger partial charge in [0, 0.05) is 5.56 Å². The Labute approximate surface area is 169 Å². The Morgan fingerprint density at radius 2 is 1.70 bits per heavy atom. The normalized spacial score (nSPS) is 12.4. The molecule has 0 aromatic heterocycles. The molecule has 0 saturated carbocycles. The third kappa shape index (κ3) is 6.76. The number of hydrogen-bond acceptors (Lipinski definition) is 2. The summed E-state index contributed by atoms with van der Waals surface area (Å²) >= 11 is 0. The fraction of sp³-hybridized carbons (Fsp3) is 0.435. The number of quaternary nitrogens is 1. The van der Waals surface area contributed by atoms with Crippen LogP contribution < -0.4 is 17.7 Å². The topological polar surface area (TPSA) is 53.9 Å². The van der Waals surface area contributed by atoms with Crippen LogP contribution in [0.25, 0.3) is 0 Å². The molecule has 0 aliphatic rings. The molecule has 2 aromatic carbocycles. The maximum absolute atomic E-state index is 12.4. The fourth-order valence-electron chi connectivity index (χ4n) is 3.02. The van der Waals surface area contributed by atoms with E-state index in [1.54, 1.807) is 0 Å². The molecule has 27 heavy (non-hydrogen) atoms. The van der Waals surface area contributed by atoms with Crippen molar-refractivity contribution in [2.24, 2.45) is 0 Å². The molecule has 1 unspecified atom stereocenters. The van der Waals surface area contributed by atoms with Gasteiger partial charge < -0.3 is 22.8 Å². The lowest BCUT2D eigenvalue weighted by molar-refractivity contribution is -0.660. The summed E-state index contributed by atoms with van der Waals surface area (Å²) in [5.74, 6) is 0.173. The summed E-state index contributed by atoms with van der Waals surface area (Å²) in [6.07, 6.45) is -0.0280. The molecule has 0 aliphatic heterocycles. The van der Waals surface area contributed by atoms with Gasteiger partial charge in [0.2, 0.25) is 0 Å². The Bertz CT molecular complexity index is 748. The quantitative estimate of drug-likeness (QED) is 0.534. The number of rotatable bonds is 7. The molecule has 0 bridgehead atoms. The first kappa shape index (κ1) is 23.4. The molecular formula is C23H32ClNO2. The van der Waals surface area contributed by atoms with Crippen LogP contribution in [0, 0.1) is 13.8 Å². The zero-order chi connectivity index (χ0) is 19.3. The van der Waals surface area contributed by atoms with E-state index in [4.69, 9.17) is 0 Å². The lowest BCUT2D eigenvalue weighted by Crippen LogP contribution is -3.00. The van der Waals surface area contributed by atoms with Gasteiger partial charge in [0.25, 0.3) is 0 Å². The largest absolute Gasteiger partial charge is 1.00 e.